The van der Waals surface area contributed by atoms with Gasteiger partial charge in [-0.25, -0.2) is 0 Å². The van der Waals surface area contributed by atoms with Gasteiger partial charge in [-0.3, -0.25) is 4.79 Å². The zero-order chi connectivity index (χ0) is 14.3. The van der Waals surface area contributed by atoms with Crippen molar-refractivity contribution in [3.63, 3.8) is 0 Å². The van der Waals surface area contributed by atoms with Crippen LogP contribution in [0, 0.1) is 0 Å². The molecule has 19 heavy (non-hydrogen) atoms. The van der Waals surface area contributed by atoms with E-state index in [1.165, 1.54) is 18.3 Å². The SMILES string of the molecule is CC(=O)c1ccc(-c2c(Cl)c(Cl)c(Cl)c(Cl)c2Cl)s1. The average Bonchev–Trinajstić information content (AvgIpc) is 2.84. The number of benzene rings is 1. The molecule has 0 radical (unpaired) electrons. The van der Waals surface area contributed by atoms with Crippen LogP contribution < -0.4 is 0 Å². The smallest absolute Gasteiger partial charge is 0.169 e. The van der Waals surface area contributed by atoms with Gasteiger partial charge in [0, 0.05) is 10.4 Å². The molecule has 0 N–H and O–H groups in total. The molecule has 0 spiro atoms. The first-order valence-electron chi connectivity index (χ1n) is 4.97. The molecule has 2 rings (SSSR count). The highest BCUT2D eigenvalue weighted by molar-refractivity contribution is 7.17. The quantitative estimate of drug-likeness (QED) is 0.318. The lowest BCUT2D eigenvalue weighted by Gasteiger charge is -2.10. The Balaban J connectivity index is 2.71. The average molecular weight is 375 g/mol. The van der Waals surface area contributed by atoms with Gasteiger partial charge in [-0.1, -0.05) is 58.0 Å². The number of rotatable bonds is 2. The van der Waals surface area contributed by atoms with Crippen molar-refractivity contribution < 1.29 is 4.79 Å². The van der Waals surface area contributed by atoms with E-state index < -0.39 is 0 Å². The molecule has 0 aliphatic carbocycles. The highest BCUT2D eigenvalue weighted by Crippen LogP contribution is 2.49. The van der Waals surface area contributed by atoms with Gasteiger partial charge in [0.05, 0.1) is 30.0 Å². The van der Waals surface area contributed by atoms with Crippen LogP contribution in [0.15, 0.2) is 12.1 Å². The summed E-state index contributed by atoms with van der Waals surface area (Å²) in [5.74, 6) is -0.0327. The summed E-state index contributed by atoms with van der Waals surface area (Å²) in [6, 6.07) is 3.44. The molecule has 0 aliphatic heterocycles. The van der Waals surface area contributed by atoms with E-state index >= 15 is 0 Å². The Morgan fingerprint density at radius 3 is 1.79 bits per heavy atom. The van der Waals surface area contributed by atoms with Crippen LogP contribution in [-0.2, 0) is 0 Å². The van der Waals surface area contributed by atoms with Gasteiger partial charge in [-0.15, -0.1) is 11.3 Å². The number of halogens is 5. The molecule has 0 aliphatic rings. The summed E-state index contributed by atoms with van der Waals surface area (Å²) in [7, 11) is 0. The van der Waals surface area contributed by atoms with Gasteiger partial charge in [-0.2, -0.15) is 0 Å². The van der Waals surface area contributed by atoms with Gasteiger partial charge in [-0.05, 0) is 19.1 Å². The summed E-state index contributed by atoms with van der Waals surface area (Å²) < 4.78 is 0. The van der Waals surface area contributed by atoms with E-state index in [9.17, 15) is 4.79 Å². The van der Waals surface area contributed by atoms with Crippen molar-refractivity contribution >= 4 is 75.1 Å². The molecule has 0 atom stereocenters. The fourth-order valence-electron chi connectivity index (χ4n) is 1.48. The first-order valence-corrected chi connectivity index (χ1v) is 7.67. The molecule has 0 amide bonds. The molecule has 0 saturated heterocycles. The second-order valence-corrected chi connectivity index (χ2v) is 6.64. The highest BCUT2D eigenvalue weighted by Gasteiger charge is 2.21. The Labute approximate surface area is 139 Å². The maximum atomic E-state index is 11.3. The fraction of sp³-hybridized carbons (Fsp3) is 0.0833. The fourth-order valence-corrected chi connectivity index (χ4v) is 3.90. The molecule has 100 valence electrons. The maximum absolute atomic E-state index is 11.3. The van der Waals surface area contributed by atoms with E-state index in [0.717, 1.165) is 0 Å². The van der Waals surface area contributed by atoms with E-state index in [1.807, 2.05) is 0 Å². The lowest BCUT2D eigenvalue weighted by atomic mass is 10.2. The van der Waals surface area contributed by atoms with Crippen molar-refractivity contribution in [2.45, 2.75) is 6.92 Å². The van der Waals surface area contributed by atoms with E-state index in [-0.39, 0.29) is 30.9 Å². The summed E-state index contributed by atoms with van der Waals surface area (Å²) >= 11 is 31.5. The largest absolute Gasteiger partial charge is 0.294 e. The minimum absolute atomic E-state index is 0.0327. The number of hydrogen-bond donors (Lipinski definition) is 0. The van der Waals surface area contributed by atoms with Crippen LogP contribution in [0.1, 0.15) is 16.6 Å². The first kappa shape index (κ1) is 15.4. The van der Waals surface area contributed by atoms with Crippen LogP contribution >= 0.6 is 69.3 Å². The zero-order valence-electron chi connectivity index (χ0n) is 9.36. The number of Topliss-reactive ketones (excluding diaryl/α,β-unsaturated/α-hetero) is 1. The number of carbonyl (C=O) groups excluding carboxylic acids is 1. The minimum atomic E-state index is -0.0327. The number of thiophene rings is 1. The van der Waals surface area contributed by atoms with E-state index in [2.05, 4.69) is 0 Å². The zero-order valence-corrected chi connectivity index (χ0v) is 14.0. The Kier molecular flexibility index (Phi) is 4.71. The van der Waals surface area contributed by atoms with Gasteiger partial charge in [0.2, 0.25) is 0 Å². The lowest BCUT2D eigenvalue weighted by molar-refractivity contribution is 0.102. The van der Waals surface area contributed by atoms with Crippen molar-refractivity contribution in [3.8, 4) is 10.4 Å². The van der Waals surface area contributed by atoms with Gasteiger partial charge in [0.25, 0.3) is 0 Å². The molecule has 0 fully saturated rings. The van der Waals surface area contributed by atoms with Gasteiger partial charge >= 0.3 is 0 Å². The van der Waals surface area contributed by atoms with E-state index in [0.29, 0.717) is 15.3 Å². The second-order valence-electron chi connectivity index (χ2n) is 3.66. The van der Waals surface area contributed by atoms with E-state index in [1.54, 1.807) is 12.1 Å². The number of carbonyl (C=O) groups is 1. The van der Waals surface area contributed by atoms with Crippen LogP contribution in [0.5, 0.6) is 0 Å². The Morgan fingerprint density at radius 2 is 1.37 bits per heavy atom. The molecule has 0 unspecified atom stereocenters. The molecular weight excluding hydrogens is 369 g/mol. The summed E-state index contributed by atoms with van der Waals surface area (Å²) in [6.45, 7) is 1.49. The molecule has 0 saturated carbocycles. The lowest BCUT2D eigenvalue weighted by Crippen LogP contribution is -1.85. The molecule has 2 aromatic rings. The third-order valence-electron chi connectivity index (χ3n) is 2.41. The summed E-state index contributed by atoms with van der Waals surface area (Å²) in [5.41, 5.74) is 0.486. The monoisotopic (exact) mass is 372 g/mol. The Bertz CT molecular complexity index is 648. The molecule has 0 bridgehead atoms. The van der Waals surface area contributed by atoms with Crippen LogP contribution in [0.3, 0.4) is 0 Å². The maximum Gasteiger partial charge on any atom is 0.169 e. The van der Waals surface area contributed by atoms with E-state index in [4.69, 9.17) is 58.0 Å². The topological polar surface area (TPSA) is 17.1 Å². The van der Waals surface area contributed by atoms with Crippen LogP contribution in [0.4, 0.5) is 0 Å². The molecule has 1 aromatic carbocycles. The highest BCUT2D eigenvalue weighted by atomic mass is 35.5. The third-order valence-corrected chi connectivity index (χ3v) is 5.89. The number of hydrogen-bond acceptors (Lipinski definition) is 2. The van der Waals surface area contributed by atoms with Crippen molar-refractivity contribution in [2.75, 3.05) is 0 Å². The summed E-state index contributed by atoms with van der Waals surface area (Å²) in [6.07, 6.45) is 0. The normalized spacial score (nSPS) is 10.8. The summed E-state index contributed by atoms with van der Waals surface area (Å²) in [5, 5.41) is 0.845. The Hall–Kier alpha value is 0.0400. The predicted octanol–water partition coefficient (Wildman–Crippen LogP) is 6.88. The van der Waals surface area contributed by atoms with Crippen LogP contribution in [0.2, 0.25) is 25.1 Å². The summed E-state index contributed by atoms with van der Waals surface area (Å²) in [4.78, 5) is 12.6. The molecule has 1 aromatic heterocycles. The molecule has 1 nitrogen and oxygen atoms in total. The third kappa shape index (κ3) is 2.76. The van der Waals surface area contributed by atoms with Gasteiger partial charge in [0.15, 0.2) is 5.78 Å². The van der Waals surface area contributed by atoms with Crippen molar-refractivity contribution in [2.24, 2.45) is 0 Å². The van der Waals surface area contributed by atoms with Crippen molar-refractivity contribution in [1.82, 2.24) is 0 Å². The molecule has 7 heteroatoms. The number of ketones is 1. The van der Waals surface area contributed by atoms with Gasteiger partial charge in [0.1, 0.15) is 0 Å². The van der Waals surface area contributed by atoms with Crippen LogP contribution in [0.25, 0.3) is 10.4 Å². The molecule has 1 heterocycles. The second kappa shape index (κ2) is 5.80. The van der Waals surface area contributed by atoms with Crippen molar-refractivity contribution in [3.05, 3.63) is 42.1 Å². The van der Waals surface area contributed by atoms with Crippen LogP contribution in [-0.4, -0.2) is 5.78 Å². The standard InChI is InChI=1S/C12H5Cl5OS/c1-4(18)5-2-3-6(19-5)7-8(13)10(15)12(17)11(16)9(7)14/h2-3H,1H3. The minimum Gasteiger partial charge on any atom is -0.294 e. The van der Waals surface area contributed by atoms with Crippen molar-refractivity contribution in [1.29, 1.82) is 0 Å². The first-order chi connectivity index (χ1) is 8.84. The Morgan fingerprint density at radius 1 is 0.895 bits per heavy atom. The predicted molar refractivity (Wildman–Crippen MR) is 84.8 cm³/mol. The molecular formula is C12H5Cl5OS. The van der Waals surface area contributed by atoms with Gasteiger partial charge < -0.3 is 0 Å².